The highest BCUT2D eigenvalue weighted by Crippen LogP contribution is 2.24. The lowest BCUT2D eigenvalue weighted by molar-refractivity contribution is 1.29. The first kappa shape index (κ1) is 14.0. The van der Waals surface area contributed by atoms with Gasteiger partial charge >= 0.3 is 0 Å². The summed E-state index contributed by atoms with van der Waals surface area (Å²) >= 11 is 1.51. The fourth-order valence-electron chi connectivity index (χ4n) is 1.87. The van der Waals surface area contributed by atoms with Crippen molar-refractivity contribution in [3.63, 3.8) is 0 Å². The molecule has 5 heteroatoms. The average Bonchev–Trinajstić information content (AvgIpc) is 3.05. The Bertz CT molecular complexity index is 814. The standard InChI is InChI=1S/C17H12N4S/c18-10-13-6-8-14(9-7-13)11-19-21-17-20-16(12-22-17)15-4-2-1-3-5-15/h1-9,11-12H,(H,20,21)/b19-11+. The fraction of sp³-hybridized carbons (Fsp3) is 0. The second kappa shape index (κ2) is 6.66. The van der Waals surface area contributed by atoms with Gasteiger partial charge in [-0.3, -0.25) is 5.43 Å². The Balaban J connectivity index is 1.65. The van der Waals surface area contributed by atoms with E-state index < -0.39 is 0 Å². The topological polar surface area (TPSA) is 61.1 Å². The number of nitrogens with one attached hydrogen (secondary N) is 1. The molecule has 0 saturated carbocycles. The first-order valence-corrected chi connectivity index (χ1v) is 7.53. The van der Waals surface area contributed by atoms with E-state index in [0.29, 0.717) is 5.56 Å². The molecule has 0 amide bonds. The van der Waals surface area contributed by atoms with Crippen molar-refractivity contribution in [2.75, 3.05) is 5.43 Å². The van der Waals surface area contributed by atoms with Gasteiger partial charge in [-0.05, 0) is 17.7 Å². The lowest BCUT2D eigenvalue weighted by Gasteiger charge is -1.96. The minimum Gasteiger partial charge on any atom is -0.253 e. The number of benzene rings is 2. The quantitative estimate of drug-likeness (QED) is 0.582. The number of hydrogen-bond donors (Lipinski definition) is 1. The van der Waals surface area contributed by atoms with Gasteiger partial charge in [0.15, 0.2) is 0 Å². The summed E-state index contributed by atoms with van der Waals surface area (Å²) in [5.41, 5.74) is 6.50. The Morgan fingerprint density at radius 1 is 1.09 bits per heavy atom. The molecule has 1 aromatic heterocycles. The molecule has 1 N–H and O–H groups in total. The van der Waals surface area contributed by atoms with Crippen molar-refractivity contribution < 1.29 is 0 Å². The Kier molecular flexibility index (Phi) is 4.23. The van der Waals surface area contributed by atoms with E-state index in [4.69, 9.17) is 5.26 Å². The van der Waals surface area contributed by atoms with Crippen molar-refractivity contribution in [1.82, 2.24) is 4.98 Å². The molecule has 0 bridgehead atoms. The summed E-state index contributed by atoms with van der Waals surface area (Å²) in [6.45, 7) is 0. The smallest absolute Gasteiger partial charge is 0.203 e. The number of nitrogens with zero attached hydrogens (tertiary/aromatic N) is 3. The predicted molar refractivity (Wildman–Crippen MR) is 89.9 cm³/mol. The molecule has 0 fully saturated rings. The normalized spacial score (nSPS) is 10.5. The summed E-state index contributed by atoms with van der Waals surface area (Å²) in [7, 11) is 0. The Labute approximate surface area is 132 Å². The summed E-state index contributed by atoms with van der Waals surface area (Å²) in [5, 5.41) is 15.6. The summed E-state index contributed by atoms with van der Waals surface area (Å²) in [6, 6.07) is 19.3. The van der Waals surface area contributed by atoms with Gasteiger partial charge in [0.25, 0.3) is 0 Å². The molecule has 3 aromatic rings. The molecule has 0 aliphatic carbocycles. The van der Waals surface area contributed by atoms with Gasteiger partial charge in [0, 0.05) is 10.9 Å². The van der Waals surface area contributed by atoms with Crippen LogP contribution in [0.4, 0.5) is 5.13 Å². The van der Waals surface area contributed by atoms with E-state index in [9.17, 15) is 0 Å². The van der Waals surface area contributed by atoms with Crippen LogP contribution < -0.4 is 5.43 Å². The van der Waals surface area contributed by atoms with Gasteiger partial charge < -0.3 is 0 Å². The monoisotopic (exact) mass is 304 g/mol. The molecular weight excluding hydrogens is 292 g/mol. The van der Waals surface area contributed by atoms with Crippen LogP contribution in [-0.2, 0) is 0 Å². The van der Waals surface area contributed by atoms with Crippen LogP contribution in [0.15, 0.2) is 65.1 Å². The van der Waals surface area contributed by atoms with E-state index in [1.807, 2.05) is 47.8 Å². The van der Waals surface area contributed by atoms with E-state index in [2.05, 4.69) is 21.6 Å². The third-order valence-electron chi connectivity index (χ3n) is 2.99. The molecule has 0 aliphatic heterocycles. The highest BCUT2D eigenvalue weighted by atomic mass is 32.1. The molecule has 1 heterocycles. The molecule has 0 unspecified atom stereocenters. The number of aromatic nitrogens is 1. The lowest BCUT2D eigenvalue weighted by atomic mass is 10.2. The third-order valence-corrected chi connectivity index (χ3v) is 3.73. The second-order valence-corrected chi connectivity index (χ2v) is 5.37. The number of hydrazone groups is 1. The van der Waals surface area contributed by atoms with Crippen molar-refractivity contribution >= 4 is 22.7 Å². The number of thiazole rings is 1. The van der Waals surface area contributed by atoms with Crippen LogP contribution in [0.3, 0.4) is 0 Å². The fourth-order valence-corrected chi connectivity index (χ4v) is 2.54. The van der Waals surface area contributed by atoms with Crippen LogP contribution in [-0.4, -0.2) is 11.2 Å². The number of nitriles is 1. The van der Waals surface area contributed by atoms with E-state index in [1.165, 1.54) is 11.3 Å². The highest BCUT2D eigenvalue weighted by molar-refractivity contribution is 7.14. The van der Waals surface area contributed by atoms with Gasteiger partial charge in [-0.15, -0.1) is 11.3 Å². The summed E-state index contributed by atoms with van der Waals surface area (Å²) in [6.07, 6.45) is 1.70. The van der Waals surface area contributed by atoms with E-state index in [1.54, 1.807) is 18.3 Å². The van der Waals surface area contributed by atoms with Gasteiger partial charge in [-0.1, -0.05) is 42.5 Å². The largest absolute Gasteiger partial charge is 0.253 e. The van der Waals surface area contributed by atoms with Crippen molar-refractivity contribution in [3.8, 4) is 17.3 Å². The number of hydrogen-bond acceptors (Lipinski definition) is 5. The second-order valence-electron chi connectivity index (χ2n) is 4.51. The van der Waals surface area contributed by atoms with Crippen molar-refractivity contribution in [3.05, 3.63) is 71.1 Å². The Morgan fingerprint density at radius 3 is 2.59 bits per heavy atom. The highest BCUT2D eigenvalue weighted by Gasteiger charge is 2.02. The van der Waals surface area contributed by atoms with Crippen LogP contribution in [0.1, 0.15) is 11.1 Å². The molecule has 0 radical (unpaired) electrons. The molecule has 4 nitrogen and oxygen atoms in total. The molecule has 0 spiro atoms. The van der Waals surface area contributed by atoms with Crippen molar-refractivity contribution in [2.24, 2.45) is 5.10 Å². The zero-order valence-corrected chi connectivity index (χ0v) is 12.4. The summed E-state index contributed by atoms with van der Waals surface area (Å²) in [5.74, 6) is 0. The first-order valence-electron chi connectivity index (χ1n) is 6.65. The zero-order valence-electron chi connectivity index (χ0n) is 11.6. The maximum absolute atomic E-state index is 8.75. The molecular formula is C17H12N4S. The van der Waals surface area contributed by atoms with Gasteiger partial charge in [0.1, 0.15) is 0 Å². The van der Waals surface area contributed by atoms with Crippen molar-refractivity contribution in [1.29, 1.82) is 5.26 Å². The molecule has 0 saturated heterocycles. The van der Waals surface area contributed by atoms with Gasteiger partial charge in [-0.25, -0.2) is 4.98 Å². The third kappa shape index (κ3) is 3.37. The molecule has 106 valence electrons. The summed E-state index contributed by atoms with van der Waals surface area (Å²) < 4.78 is 0. The number of anilines is 1. The molecule has 2 aromatic carbocycles. The molecule has 0 atom stereocenters. The van der Waals surface area contributed by atoms with E-state index in [0.717, 1.165) is 22.0 Å². The van der Waals surface area contributed by atoms with Gasteiger partial charge in [0.2, 0.25) is 5.13 Å². The lowest BCUT2D eigenvalue weighted by Crippen LogP contribution is -1.90. The maximum Gasteiger partial charge on any atom is 0.203 e. The predicted octanol–water partition coefficient (Wildman–Crippen LogP) is 4.13. The van der Waals surface area contributed by atoms with E-state index >= 15 is 0 Å². The molecule has 3 rings (SSSR count). The SMILES string of the molecule is N#Cc1ccc(/C=N/Nc2nc(-c3ccccc3)cs2)cc1. The first-order chi connectivity index (χ1) is 10.8. The Hall–Kier alpha value is -2.97. The van der Waals surface area contributed by atoms with Gasteiger partial charge in [0.05, 0.1) is 23.5 Å². The van der Waals surface area contributed by atoms with Crippen LogP contribution in [0.2, 0.25) is 0 Å². The Morgan fingerprint density at radius 2 is 1.86 bits per heavy atom. The van der Waals surface area contributed by atoms with Crippen molar-refractivity contribution in [2.45, 2.75) is 0 Å². The zero-order chi connectivity index (χ0) is 15.2. The molecule has 22 heavy (non-hydrogen) atoms. The minimum atomic E-state index is 0.637. The minimum absolute atomic E-state index is 0.637. The van der Waals surface area contributed by atoms with Gasteiger partial charge in [-0.2, -0.15) is 10.4 Å². The van der Waals surface area contributed by atoms with Crippen LogP contribution in [0.5, 0.6) is 0 Å². The average molecular weight is 304 g/mol. The van der Waals surface area contributed by atoms with E-state index in [-0.39, 0.29) is 0 Å². The molecule has 0 aliphatic rings. The van der Waals surface area contributed by atoms with Crippen LogP contribution in [0, 0.1) is 11.3 Å². The van der Waals surface area contributed by atoms with Crippen LogP contribution in [0.25, 0.3) is 11.3 Å². The van der Waals surface area contributed by atoms with Crippen LogP contribution >= 0.6 is 11.3 Å². The maximum atomic E-state index is 8.75. The number of rotatable bonds is 4. The summed E-state index contributed by atoms with van der Waals surface area (Å²) in [4.78, 5) is 4.49.